The summed E-state index contributed by atoms with van der Waals surface area (Å²) in [6.45, 7) is 1.25. The predicted molar refractivity (Wildman–Crippen MR) is 108 cm³/mol. The summed E-state index contributed by atoms with van der Waals surface area (Å²) in [5.74, 6) is -0.393. The standard InChI is InChI=1S/C22H25N3O4/c26-20(15-23-21(27)18-9-5-2-6-10-18)25-13-11-19(12-14-25)24-22(28)29-16-17-7-3-1-4-8-17/h1-10,19H,11-16H2,(H,23,27)(H,24,28). The number of carbonyl (C=O) groups excluding carboxylic acids is 3. The number of hydrogen-bond donors (Lipinski definition) is 2. The van der Waals surface area contributed by atoms with Crippen molar-refractivity contribution in [1.82, 2.24) is 15.5 Å². The van der Waals surface area contributed by atoms with Gasteiger partial charge in [0, 0.05) is 24.7 Å². The molecule has 0 aliphatic carbocycles. The fourth-order valence-electron chi connectivity index (χ4n) is 3.16. The van der Waals surface area contributed by atoms with Crippen molar-refractivity contribution in [2.45, 2.75) is 25.5 Å². The number of amides is 3. The summed E-state index contributed by atoms with van der Waals surface area (Å²) in [5.41, 5.74) is 1.46. The minimum Gasteiger partial charge on any atom is -0.445 e. The second-order valence-electron chi connectivity index (χ2n) is 6.91. The van der Waals surface area contributed by atoms with Gasteiger partial charge in [-0.2, -0.15) is 0 Å². The second-order valence-corrected chi connectivity index (χ2v) is 6.91. The van der Waals surface area contributed by atoms with Crippen molar-refractivity contribution in [3.05, 3.63) is 71.8 Å². The highest BCUT2D eigenvalue weighted by molar-refractivity contribution is 5.96. The third-order valence-corrected chi connectivity index (χ3v) is 4.82. The van der Waals surface area contributed by atoms with Crippen LogP contribution in [0.1, 0.15) is 28.8 Å². The Balaban J connectivity index is 1.34. The Morgan fingerprint density at radius 1 is 0.931 bits per heavy atom. The second kappa shape index (κ2) is 10.3. The first-order valence-corrected chi connectivity index (χ1v) is 9.70. The molecule has 1 saturated heterocycles. The van der Waals surface area contributed by atoms with Gasteiger partial charge < -0.3 is 20.3 Å². The summed E-state index contributed by atoms with van der Waals surface area (Å²) >= 11 is 0. The van der Waals surface area contributed by atoms with E-state index in [4.69, 9.17) is 4.74 Å². The number of nitrogens with zero attached hydrogens (tertiary/aromatic N) is 1. The molecule has 0 atom stereocenters. The lowest BCUT2D eigenvalue weighted by molar-refractivity contribution is -0.131. The molecule has 1 heterocycles. The third kappa shape index (κ3) is 6.34. The van der Waals surface area contributed by atoms with Crippen LogP contribution in [0.25, 0.3) is 0 Å². The molecule has 3 rings (SSSR count). The number of nitrogens with one attached hydrogen (secondary N) is 2. The molecule has 2 N–H and O–H groups in total. The van der Waals surface area contributed by atoms with Crippen LogP contribution in [0.5, 0.6) is 0 Å². The normalized spacial score (nSPS) is 14.1. The molecule has 7 heteroatoms. The first kappa shape index (κ1) is 20.4. The van der Waals surface area contributed by atoms with Crippen molar-refractivity contribution in [3.63, 3.8) is 0 Å². The molecule has 0 radical (unpaired) electrons. The van der Waals surface area contributed by atoms with Gasteiger partial charge in [-0.15, -0.1) is 0 Å². The van der Waals surface area contributed by atoms with Crippen molar-refractivity contribution in [3.8, 4) is 0 Å². The third-order valence-electron chi connectivity index (χ3n) is 4.82. The number of alkyl carbamates (subject to hydrolysis) is 1. The van der Waals surface area contributed by atoms with Crippen LogP contribution in [0.3, 0.4) is 0 Å². The molecule has 3 amide bonds. The molecule has 29 heavy (non-hydrogen) atoms. The highest BCUT2D eigenvalue weighted by Gasteiger charge is 2.24. The molecule has 0 saturated carbocycles. The first-order chi connectivity index (χ1) is 14.1. The van der Waals surface area contributed by atoms with Crippen LogP contribution < -0.4 is 10.6 Å². The van der Waals surface area contributed by atoms with E-state index in [0.29, 0.717) is 31.5 Å². The van der Waals surface area contributed by atoms with E-state index in [9.17, 15) is 14.4 Å². The average Bonchev–Trinajstić information content (AvgIpc) is 2.77. The van der Waals surface area contributed by atoms with Gasteiger partial charge in [0.2, 0.25) is 5.91 Å². The van der Waals surface area contributed by atoms with E-state index >= 15 is 0 Å². The van der Waals surface area contributed by atoms with E-state index in [2.05, 4.69) is 10.6 Å². The van der Waals surface area contributed by atoms with Crippen LogP contribution in [0, 0.1) is 0 Å². The number of rotatable bonds is 6. The van der Waals surface area contributed by atoms with Crippen LogP contribution in [0.4, 0.5) is 4.79 Å². The topological polar surface area (TPSA) is 87.7 Å². The summed E-state index contributed by atoms with van der Waals surface area (Å²) in [5, 5.41) is 5.50. The number of carbonyl (C=O) groups is 3. The maximum Gasteiger partial charge on any atom is 0.407 e. The van der Waals surface area contributed by atoms with Crippen LogP contribution in [-0.2, 0) is 16.1 Å². The van der Waals surface area contributed by atoms with Crippen molar-refractivity contribution in [2.75, 3.05) is 19.6 Å². The molecular formula is C22H25N3O4. The fraction of sp³-hybridized carbons (Fsp3) is 0.318. The van der Waals surface area contributed by atoms with E-state index in [1.54, 1.807) is 29.2 Å². The molecule has 7 nitrogen and oxygen atoms in total. The van der Waals surface area contributed by atoms with Crippen LogP contribution in [0.15, 0.2) is 60.7 Å². The van der Waals surface area contributed by atoms with E-state index in [0.717, 1.165) is 5.56 Å². The Kier molecular flexibility index (Phi) is 7.22. The number of hydrogen-bond acceptors (Lipinski definition) is 4. The van der Waals surface area contributed by atoms with Crippen molar-refractivity contribution >= 4 is 17.9 Å². The first-order valence-electron chi connectivity index (χ1n) is 9.70. The predicted octanol–water partition coefficient (Wildman–Crippen LogP) is 2.33. The molecule has 152 valence electrons. The lowest BCUT2D eigenvalue weighted by atomic mass is 10.1. The summed E-state index contributed by atoms with van der Waals surface area (Å²) in [4.78, 5) is 38.0. The molecule has 2 aromatic rings. The Morgan fingerprint density at radius 3 is 2.21 bits per heavy atom. The lowest BCUT2D eigenvalue weighted by Gasteiger charge is -2.32. The van der Waals surface area contributed by atoms with Gasteiger partial charge in [-0.25, -0.2) is 4.79 Å². The van der Waals surface area contributed by atoms with Gasteiger partial charge >= 0.3 is 6.09 Å². The SMILES string of the molecule is O=C(NC1CCN(C(=O)CNC(=O)c2ccccc2)CC1)OCc1ccccc1. The summed E-state index contributed by atoms with van der Waals surface area (Å²) < 4.78 is 5.23. The van der Waals surface area contributed by atoms with Crippen LogP contribution >= 0.6 is 0 Å². The molecule has 0 unspecified atom stereocenters. The number of ether oxygens (including phenoxy) is 1. The average molecular weight is 395 g/mol. The number of benzene rings is 2. The van der Waals surface area contributed by atoms with Crippen molar-refractivity contribution < 1.29 is 19.1 Å². The summed E-state index contributed by atoms with van der Waals surface area (Å²) in [7, 11) is 0. The Hall–Kier alpha value is -3.35. The van der Waals surface area contributed by atoms with E-state index in [-0.39, 0.29) is 31.0 Å². The van der Waals surface area contributed by atoms with Gasteiger partial charge in [0.15, 0.2) is 0 Å². The molecule has 1 fully saturated rings. The highest BCUT2D eigenvalue weighted by atomic mass is 16.5. The lowest BCUT2D eigenvalue weighted by Crippen LogP contribution is -2.49. The molecule has 0 aromatic heterocycles. The van der Waals surface area contributed by atoms with E-state index in [1.165, 1.54) is 0 Å². The minimum absolute atomic E-state index is 0.0266. The van der Waals surface area contributed by atoms with Crippen LogP contribution in [-0.4, -0.2) is 48.5 Å². The minimum atomic E-state index is -0.450. The summed E-state index contributed by atoms with van der Waals surface area (Å²) in [6, 6.07) is 18.3. The highest BCUT2D eigenvalue weighted by Crippen LogP contribution is 2.11. The van der Waals surface area contributed by atoms with Crippen LogP contribution in [0.2, 0.25) is 0 Å². The molecule has 2 aromatic carbocycles. The Morgan fingerprint density at radius 2 is 1.55 bits per heavy atom. The maximum absolute atomic E-state index is 12.3. The van der Waals surface area contributed by atoms with Crippen molar-refractivity contribution in [2.24, 2.45) is 0 Å². The zero-order chi connectivity index (χ0) is 20.5. The van der Waals surface area contributed by atoms with Crippen molar-refractivity contribution in [1.29, 1.82) is 0 Å². The fourth-order valence-corrected chi connectivity index (χ4v) is 3.16. The largest absolute Gasteiger partial charge is 0.445 e. The molecule has 0 spiro atoms. The monoisotopic (exact) mass is 395 g/mol. The maximum atomic E-state index is 12.3. The molecule has 1 aliphatic heterocycles. The Labute approximate surface area is 170 Å². The van der Waals surface area contributed by atoms with E-state index < -0.39 is 6.09 Å². The summed E-state index contributed by atoms with van der Waals surface area (Å²) in [6.07, 6.45) is 0.853. The van der Waals surface area contributed by atoms with Gasteiger partial charge in [0.25, 0.3) is 5.91 Å². The Bertz CT molecular complexity index is 818. The van der Waals surface area contributed by atoms with Gasteiger partial charge in [0.05, 0.1) is 6.54 Å². The van der Waals surface area contributed by atoms with Gasteiger partial charge in [0.1, 0.15) is 6.61 Å². The van der Waals surface area contributed by atoms with Gasteiger partial charge in [-0.1, -0.05) is 48.5 Å². The number of piperidine rings is 1. The molecular weight excluding hydrogens is 370 g/mol. The quantitative estimate of drug-likeness (QED) is 0.786. The van der Waals surface area contributed by atoms with E-state index in [1.807, 2.05) is 36.4 Å². The zero-order valence-electron chi connectivity index (χ0n) is 16.2. The van der Waals surface area contributed by atoms with Gasteiger partial charge in [-0.3, -0.25) is 9.59 Å². The van der Waals surface area contributed by atoms with Gasteiger partial charge in [-0.05, 0) is 30.5 Å². The smallest absolute Gasteiger partial charge is 0.407 e. The number of likely N-dealkylation sites (tertiary alicyclic amines) is 1. The zero-order valence-corrected chi connectivity index (χ0v) is 16.2. The molecule has 0 bridgehead atoms. The molecule has 1 aliphatic rings.